The quantitative estimate of drug-likeness (QED) is 0.506. The first-order valence-corrected chi connectivity index (χ1v) is 8.37. The molecule has 128 valence electrons. The van der Waals surface area contributed by atoms with Crippen LogP contribution in [0.4, 0.5) is 16.2 Å². The molecule has 0 radical (unpaired) electrons. The van der Waals surface area contributed by atoms with E-state index < -0.39 is 6.03 Å². The largest absolute Gasteiger partial charge is 0.508 e. The first kappa shape index (κ1) is 17.4. The monoisotopic (exact) mass is 374 g/mol. The van der Waals surface area contributed by atoms with Gasteiger partial charge < -0.3 is 15.7 Å². The molecule has 3 aromatic rings. The van der Waals surface area contributed by atoms with Crippen molar-refractivity contribution >= 4 is 51.4 Å². The summed E-state index contributed by atoms with van der Waals surface area (Å²) in [6.07, 6.45) is 0. The number of halogens is 2. The van der Waals surface area contributed by atoms with Crippen molar-refractivity contribution in [2.24, 2.45) is 0 Å². The van der Waals surface area contributed by atoms with Crippen LogP contribution in [0, 0.1) is 13.8 Å². The summed E-state index contributed by atoms with van der Waals surface area (Å²) >= 11 is 12.4. The molecule has 3 rings (SSSR count). The summed E-state index contributed by atoms with van der Waals surface area (Å²) in [5, 5.41) is 17.3. The molecule has 0 aliphatic rings. The van der Waals surface area contributed by atoms with Crippen molar-refractivity contribution in [3.05, 3.63) is 63.6 Å². The second-order valence-electron chi connectivity index (χ2n) is 5.84. The van der Waals surface area contributed by atoms with Gasteiger partial charge in [0.2, 0.25) is 0 Å². The maximum absolute atomic E-state index is 12.4. The lowest BCUT2D eigenvalue weighted by Crippen LogP contribution is -2.20. The van der Waals surface area contributed by atoms with Crippen molar-refractivity contribution in [3.8, 4) is 5.75 Å². The van der Waals surface area contributed by atoms with Gasteiger partial charge in [-0.1, -0.05) is 40.9 Å². The highest BCUT2D eigenvalue weighted by molar-refractivity contribution is 6.41. The maximum Gasteiger partial charge on any atom is 0.323 e. The van der Waals surface area contributed by atoms with E-state index in [-0.39, 0.29) is 5.75 Å². The summed E-state index contributed by atoms with van der Waals surface area (Å²) in [5.74, 6) is 0.0590. The van der Waals surface area contributed by atoms with E-state index in [1.807, 2.05) is 32.0 Å². The number of nitrogens with one attached hydrogen (secondary N) is 2. The van der Waals surface area contributed by atoms with Gasteiger partial charge in [-0.25, -0.2) is 4.79 Å². The van der Waals surface area contributed by atoms with Gasteiger partial charge in [-0.05, 0) is 49.7 Å². The molecular formula is C19H16Cl2N2O2. The number of aromatic hydroxyl groups is 1. The van der Waals surface area contributed by atoms with Crippen LogP contribution in [0.1, 0.15) is 11.1 Å². The Hall–Kier alpha value is -2.43. The average molecular weight is 375 g/mol. The number of carbonyl (C=O) groups is 1. The van der Waals surface area contributed by atoms with E-state index in [2.05, 4.69) is 10.6 Å². The number of fused-ring (bicyclic) bond motifs is 1. The third-order valence-corrected chi connectivity index (χ3v) is 4.50. The van der Waals surface area contributed by atoms with E-state index in [1.165, 1.54) is 12.1 Å². The SMILES string of the molecule is Cc1ccc(NC(=O)Nc2c(Cl)cc(Cl)c3ccc(O)cc23)c(C)c1. The minimum Gasteiger partial charge on any atom is -0.508 e. The summed E-state index contributed by atoms with van der Waals surface area (Å²) < 4.78 is 0. The van der Waals surface area contributed by atoms with Crippen molar-refractivity contribution in [1.82, 2.24) is 0 Å². The fraction of sp³-hybridized carbons (Fsp3) is 0.105. The predicted molar refractivity (Wildman–Crippen MR) is 104 cm³/mol. The van der Waals surface area contributed by atoms with Gasteiger partial charge in [0.15, 0.2) is 0 Å². The van der Waals surface area contributed by atoms with Crippen LogP contribution in [0.25, 0.3) is 10.8 Å². The minimum absolute atomic E-state index is 0.0590. The lowest BCUT2D eigenvalue weighted by Gasteiger charge is -2.14. The van der Waals surface area contributed by atoms with Gasteiger partial charge in [-0.15, -0.1) is 0 Å². The summed E-state index contributed by atoms with van der Waals surface area (Å²) in [6, 6.07) is 11.6. The molecule has 0 saturated carbocycles. The van der Waals surface area contributed by atoms with E-state index in [4.69, 9.17) is 23.2 Å². The summed E-state index contributed by atoms with van der Waals surface area (Å²) in [5.41, 5.74) is 3.17. The van der Waals surface area contributed by atoms with Gasteiger partial charge in [0.1, 0.15) is 5.75 Å². The Balaban J connectivity index is 1.94. The number of phenols is 1. The number of urea groups is 1. The molecule has 0 unspecified atom stereocenters. The van der Waals surface area contributed by atoms with E-state index in [0.29, 0.717) is 32.2 Å². The van der Waals surface area contributed by atoms with Crippen LogP contribution >= 0.6 is 23.2 Å². The third-order valence-electron chi connectivity index (χ3n) is 3.89. The number of amides is 2. The Morgan fingerprint density at radius 2 is 1.68 bits per heavy atom. The fourth-order valence-corrected chi connectivity index (χ4v) is 3.27. The highest BCUT2D eigenvalue weighted by Gasteiger charge is 2.14. The summed E-state index contributed by atoms with van der Waals surface area (Å²) in [7, 11) is 0. The molecular weight excluding hydrogens is 359 g/mol. The number of hydrogen-bond acceptors (Lipinski definition) is 2. The molecule has 2 amide bonds. The highest BCUT2D eigenvalue weighted by Crippen LogP contribution is 2.38. The summed E-state index contributed by atoms with van der Waals surface area (Å²) in [6.45, 7) is 3.91. The first-order valence-electron chi connectivity index (χ1n) is 7.61. The number of hydrogen-bond donors (Lipinski definition) is 3. The average Bonchev–Trinajstić information content (AvgIpc) is 2.54. The fourth-order valence-electron chi connectivity index (χ4n) is 2.69. The zero-order chi connectivity index (χ0) is 18.1. The lowest BCUT2D eigenvalue weighted by molar-refractivity contribution is 0.262. The van der Waals surface area contributed by atoms with Crippen molar-refractivity contribution in [1.29, 1.82) is 0 Å². The normalized spacial score (nSPS) is 10.7. The van der Waals surface area contributed by atoms with Crippen LogP contribution in [-0.2, 0) is 0 Å². The third kappa shape index (κ3) is 3.65. The molecule has 0 spiro atoms. The van der Waals surface area contributed by atoms with E-state index >= 15 is 0 Å². The Morgan fingerprint density at radius 3 is 2.40 bits per heavy atom. The Morgan fingerprint density at radius 1 is 0.920 bits per heavy atom. The van der Waals surface area contributed by atoms with E-state index in [1.54, 1.807) is 12.1 Å². The second-order valence-corrected chi connectivity index (χ2v) is 6.66. The van der Waals surface area contributed by atoms with Crippen molar-refractivity contribution in [2.75, 3.05) is 10.6 Å². The van der Waals surface area contributed by atoms with Gasteiger partial charge in [0.25, 0.3) is 0 Å². The number of rotatable bonds is 2. The molecule has 0 atom stereocenters. The Labute approximate surface area is 155 Å². The molecule has 4 nitrogen and oxygen atoms in total. The molecule has 0 aliphatic heterocycles. The molecule has 3 N–H and O–H groups in total. The predicted octanol–water partition coefficient (Wildman–Crippen LogP) is 6.11. The Bertz CT molecular complexity index is 987. The van der Waals surface area contributed by atoms with Crippen LogP contribution in [-0.4, -0.2) is 11.1 Å². The van der Waals surface area contributed by atoms with Crippen LogP contribution in [0.2, 0.25) is 10.0 Å². The number of carbonyl (C=O) groups excluding carboxylic acids is 1. The second kappa shape index (κ2) is 6.82. The highest BCUT2D eigenvalue weighted by atomic mass is 35.5. The first-order chi connectivity index (χ1) is 11.8. The molecule has 0 fully saturated rings. The van der Waals surface area contributed by atoms with Crippen LogP contribution < -0.4 is 10.6 Å². The number of aryl methyl sites for hydroxylation is 2. The van der Waals surface area contributed by atoms with Gasteiger partial charge in [-0.2, -0.15) is 0 Å². The van der Waals surface area contributed by atoms with Crippen LogP contribution in [0.3, 0.4) is 0 Å². The molecule has 0 bridgehead atoms. The van der Waals surface area contributed by atoms with Crippen molar-refractivity contribution < 1.29 is 9.90 Å². The number of anilines is 2. The van der Waals surface area contributed by atoms with Gasteiger partial charge in [0.05, 0.1) is 15.7 Å². The Kier molecular flexibility index (Phi) is 4.75. The topological polar surface area (TPSA) is 61.4 Å². The van der Waals surface area contributed by atoms with Gasteiger partial charge in [-0.3, -0.25) is 0 Å². The van der Waals surface area contributed by atoms with Crippen molar-refractivity contribution in [2.45, 2.75) is 13.8 Å². The molecule has 0 saturated heterocycles. The zero-order valence-electron chi connectivity index (χ0n) is 13.7. The standard InChI is InChI=1S/C19H16Cl2N2O2/c1-10-3-6-17(11(2)7-10)22-19(25)23-18-14-8-12(24)4-5-13(14)15(20)9-16(18)21/h3-9,24H,1-2H3,(H2,22,23,25). The number of phenolic OH excluding ortho intramolecular Hbond substituents is 1. The maximum atomic E-state index is 12.4. The lowest BCUT2D eigenvalue weighted by atomic mass is 10.1. The smallest absolute Gasteiger partial charge is 0.323 e. The molecule has 0 heterocycles. The molecule has 3 aromatic carbocycles. The van der Waals surface area contributed by atoms with E-state index in [9.17, 15) is 9.90 Å². The van der Waals surface area contributed by atoms with E-state index in [0.717, 1.165) is 11.1 Å². The van der Waals surface area contributed by atoms with Crippen LogP contribution in [0.5, 0.6) is 5.75 Å². The zero-order valence-corrected chi connectivity index (χ0v) is 15.2. The molecule has 25 heavy (non-hydrogen) atoms. The van der Waals surface area contributed by atoms with Crippen LogP contribution in [0.15, 0.2) is 42.5 Å². The molecule has 0 aliphatic carbocycles. The molecule has 0 aromatic heterocycles. The van der Waals surface area contributed by atoms with Gasteiger partial charge >= 0.3 is 6.03 Å². The number of benzene rings is 3. The molecule has 6 heteroatoms. The van der Waals surface area contributed by atoms with Gasteiger partial charge in [0, 0.05) is 16.5 Å². The minimum atomic E-state index is -0.430. The van der Waals surface area contributed by atoms with Crippen molar-refractivity contribution in [3.63, 3.8) is 0 Å². The summed E-state index contributed by atoms with van der Waals surface area (Å²) in [4.78, 5) is 12.4.